The largest absolute Gasteiger partial charge is 0.330 e. The van der Waals surface area contributed by atoms with Gasteiger partial charge in [0, 0.05) is 17.0 Å². The molecule has 0 spiro atoms. The van der Waals surface area contributed by atoms with E-state index < -0.39 is 0 Å². The monoisotopic (exact) mass is 223 g/mol. The third-order valence-electron chi connectivity index (χ3n) is 2.48. The molecule has 0 aliphatic carbocycles. The number of ketones is 1. The highest BCUT2D eigenvalue weighted by Crippen LogP contribution is 2.23. The number of imidazole rings is 1. The Kier molecular flexibility index (Phi) is 2.58. The van der Waals surface area contributed by atoms with Gasteiger partial charge in [0.1, 0.15) is 5.69 Å². The van der Waals surface area contributed by atoms with Crippen LogP contribution >= 0.6 is 11.3 Å². The van der Waals surface area contributed by atoms with Crippen LogP contribution in [0.3, 0.4) is 0 Å². The number of Topliss-reactive ketones (excluding diaryl/α,β-unsaturated/α-hetero) is 1. The molecule has 0 aliphatic rings. The molecule has 0 saturated carbocycles. The number of aryl methyl sites for hydroxylation is 2. The number of carbonyl (C=O) groups excluding carboxylic acids is 1. The van der Waals surface area contributed by atoms with Crippen LogP contribution < -0.4 is 5.73 Å². The highest BCUT2D eigenvalue weighted by Gasteiger charge is 2.15. The number of nitrogens with zero attached hydrogens (tertiary/aromatic N) is 2. The van der Waals surface area contributed by atoms with Gasteiger partial charge in [0.2, 0.25) is 0 Å². The van der Waals surface area contributed by atoms with E-state index in [0.717, 1.165) is 10.7 Å². The third-order valence-corrected chi connectivity index (χ3v) is 3.55. The Morgan fingerprint density at radius 1 is 1.60 bits per heavy atom. The Hall–Kier alpha value is -1.20. The van der Waals surface area contributed by atoms with Crippen LogP contribution in [0.4, 0.5) is 0 Å². The number of rotatable bonds is 3. The van der Waals surface area contributed by atoms with E-state index in [-0.39, 0.29) is 5.78 Å². The van der Waals surface area contributed by atoms with Gasteiger partial charge in [-0.1, -0.05) is 0 Å². The second-order valence-corrected chi connectivity index (χ2v) is 4.65. The van der Waals surface area contributed by atoms with E-state index in [2.05, 4.69) is 4.98 Å². The van der Waals surface area contributed by atoms with Crippen molar-refractivity contribution in [1.29, 1.82) is 0 Å². The smallest absolute Gasteiger partial charge is 0.194 e. The van der Waals surface area contributed by atoms with E-state index in [1.165, 1.54) is 4.88 Å². The quantitative estimate of drug-likeness (QED) is 0.803. The van der Waals surface area contributed by atoms with Gasteiger partial charge in [0.25, 0.3) is 0 Å². The Balaban J connectivity index is 2.56. The predicted molar refractivity (Wildman–Crippen MR) is 60.5 cm³/mol. The molecule has 2 heterocycles. The fraction of sp³-hybridized carbons (Fsp3) is 0.400. The Labute approximate surface area is 91.7 Å². The zero-order valence-electron chi connectivity index (χ0n) is 8.78. The summed E-state index contributed by atoms with van der Waals surface area (Å²) in [5.74, 6) is 0.0610. The molecule has 2 aromatic heterocycles. The molecular formula is C10H13N3OS. The Bertz CT molecular complexity index is 512. The number of carbonyl (C=O) groups is 1. The molecule has 0 bridgehead atoms. The van der Waals surface area contributed by atoms with E-state index in [0.29, 0.717) is 18.7 Å². The van der Waals surface area contributed by atoms with Gasteiger partial charge >= 0.3 is 0 Å². The lowest BCUT2D eigenvalue weighted by molar-refractivity contribution is 0.0979. The van der Waals surface area contributed by atoms with Gasteiger partial charge in [0.15, 0.2) is 10.7 Å². The summed E-state index contributed by atoms with van der Waals surface area (Å²) in [6.07, 6.45) is 2.01. The summed E-state index contributed by atoms with van der Waals surface area (Å²) in [5.41, 5.74) is 7.12. The summed E-state index contributed by atoms with van der Waals surface area (Å²) in [6.45, 7) is 4.42. The molecule has 15 heavy (non-hydrogen) atoms. The lowest BCUT2D eigenvalue weighted by Crippen LogP contribution is -2.10. The van der Waals surface area contributed by atoms with Crippen molar-refractivity contribution in [3.05, 3.63) is 22.5 Å². The van der Waals surface area contributed by atoms with Gasteiger partial charge in [-0.15, -0.1) is 11.3 Å². The number of fused-ring (bicyclic) bond motifs is 1. The number of nitrogens with two attached hydrogens (primary N) is 1. The molecule has 5 heteroatoms. The highest BCUT2D eigenvalue weighted by molar-refractivity contribution is 7.17. The maximum atomic E-state index is 11.7. The molecule has 0 aliphatic heterocycles. The minimum atomic E-state index is 0.0610. The predicted octanol–water partition coefficient (Wildman–Crippen LogP) is 1.54. The number of hydrogen-bond acceptors (Lipinski definition) is 4. The van der Waals surface area contributed by atoms with Crippen LogP contribution in [0.2, 0.25) is 0 Å². The van der Waals surface area contributed by atoms with E-state index >= 15 is 0 Å². The maximum absolute atomic E-state index is 11.7. The molecule has 2 aromatic rings. The van der Waals surface area contributed by atoms with E-state index in [1.807, 2.05) is 18.2 Å². The van der Waals surface area contributed by atoms with Crippen molar-refractivity contribution in [2.75, 3.05) is 6.54 Å². The molecule has 4 nitrogen and oxygen atoms in total. The zero-order chi connectivity index (χ0) is 11.0. The van der Waals surface area contributed by atoms with Gasteiger partial charge < -0.3 is 5.73 Å². The molecule has 0 saturated heterocycles. The molecule has 0 amide bonds. The highest BCUT2D eigenvalue weighted by atomic mass is 32.1. The van der Waals surface area contributed by atoms with Crippen LogP contribution in [0.25, 0.3) is 4.96 Å². The van der Waals surface area contributed by atoms with E-state index in [1.54, 1.807) is 17.5 Å². The van der Waals surface area contributed by atoms with Crippen LogP contribution in [0.1, 0.15) is 27.5 Å². The van der Waals surface area contributed by atoms with Crippen molar-refractivity contribution in [2.45, 2.75) is 20.3 Å². The van der Waals surface area contributed by atoms with E-state index in [4.69, 9.17) is 5.73 Å². The second-order valence-electron chi connectivity index (χ2n) is 3.47. The fourth-order valence-electron chi connectivity index (χ4n) is 1.56. The number of hydrogen-bond donors (Lipinski definition) is 1. The molecule has 0 fully saturated rings. The molecule has 80 valence electrons. The standard InChI is InChI=1S/C10H13N3OS/c1-6-7(2)15-10-12-5-8(13(6)10)9(14)3-4-11/h5H,3-4,11H2,1-2H3. The van der Waals surface area contributed by atoms with Crippen molar-refractivity contribution >= 4 is 22.1 Å². The Morgan fingerprint density at radius 3 is 3.00 bits per heavy atom. The Morgan fingerprint density at radius 2 is 2.33 bits per heavy atom. The van der Waals surface area contributed by atoms with Crippen molar-refractivity contribution in [1.82, 2.24) is 9.38 Å². The van der Waals surface area contributed by atoms with Gasteiger partial charge in [0.05, 0.1) is 6.20 Å². The summed E-state index contributed by atoms with van der Waals surface area (Å²) in [5, 5.41) is 0. The first-order chi connectivity index (χ1) is 7.15. The summed E-state index contributed by atoms with van der Waals surface area (Å²) in [6, 6.07) is 0. The van der Waals surface area contributed by atoms with Gasteiger partial charge in [-0.2, -0.15) is 0 Å². The topological polar surface area (TPSA) is 60.4 Å². The van der Waals surface area contributed by atoms with Crippen LogP contribution in [-0.4, -0.2) is 21.7 Å². The molecule has 0 atom stereocenters. The summed E-state index contributed by atoms with van der Waals surface area (Å²) < 4.78 is 1.91. The lowest BCUT2D eigenvalue weighted by atomic mass is 10.2. The first-order valence-electron chi connectivity index (χ1n) is 4.82. The first-order valence-corrected chi connectivity index (χ1v) is 5.63. The van der Waals surface area contributed by atoms with Gasteiger partial charge in [-0.3, -0.25) is 9.20 Å². The first kappa shape index (κ1) is 10.3. The van der Waals surface area contributed by atoms with Crippen LogP contribution in [0, 0.1) is 13.8 Å². The number of thiazole rings is 1. The molecule has 0 radical (unpaired) electrons. The fourth-order valence-corrected chi connectivity index (χ4v) is 2.50. The molecular weight excluding hydrogens is 210 g/mol. The third kappa shape index (κ3) is 1.57. The molecule has 2 N–H and O–H groups in total. The minimum Gasteiger partial charge on any atom is -0.330 e. The SMILES string of the molecule is Cc1sc2ncc(C(=O)CCN)n2c1C. The maximum Gasteiger partial charge on any atom is 0.194 e. The molecule has 0 aromatic carbocycles. The van der Waals surface area contributed by atoms with Crippen LogP contribution in [0.15, 0.2) is 6.20 Å². The average Bonchev–Trinajstić information content (AvgIpc) is 2.70. The summed E-state index contributed by atoms with van der Waals surface area (Å²) >= 11 is 1.60. The van der Waals surface area contributed by atoms with Crippen molar-refractivity contribution in [3.63, 3.8) is 0 Å². The van der Waals surface area contributed by atoms with Crippen LogP contribution in [-0.2, 0) is 0 Å². The molecule has 2 rings (SSSR count). The summed E-state index contributed by atoms with van der Waals surface area (Å²) in [7, 11) is 0. The van der Waals surface area contributed by atoms with Crippen molar-refractivity contribution in [2.24, 2.45) is 5.73 Å². The number of aromatic nitrogens is 2. The van der Waals surface area contributed by atoms with Crippen molar-refractivity contribution in [3.8, 4) is 0 Å². The van der Waals surface area contributed by atoms with E-state index in [9.17, 15) is 4.79 Å². The lowest BCUT2D eigenvalue weighted by Gasteiger charge is -1.99. The average molecular weight is 223 g/mol. The zero-order valence-corrected chi connectivity index (χ0v) is 9.60. The normalized spacial score (nSPS) is 11.1. The van der Waals surface area contributed by atoms with Gasteiger partial charge in [-0.25, -0.2) is 4.98 Å². The minimum absolute atomic E-state index is 0.0610. The van der Waals surface area contributed by atoms with Crippen molar-refractivity contribution < 1.29 is 4.79 Å². The second kappa shape index (κ2) is 3.75. The molecule has 0 unspecified atom stereocenters. The van der Waals surface area contributed by atoms with Crippen LogP contribution in [0.5, 0.6) is 0 Å². The summed E-state index contributed by atoms with van der Waals surface area (Å²) in [4.78, 5) is 18.0. The van der Waals surface area contributed by atoms with Gasteiger partial charge in [-0.05, 0) is 20.4 Å².